The molecule has 0 spiro atoms. The van der Waals surface area contributed by atoms with Gasteiger partial charge in [0.2, 0.25) is 0 Å². The summed E-state index contributed by atoms with van der Waals surface area (Å²) < 4.78 is 28.0. The van der Waals surface area contributed by atoms with Crippen LogP contribution >= 0.6 is 0 Å². The first kappa shape index (κ1) is 19.4. The van der Waals surface area contributed by atoms with E-state index in [2.05, 4.69) is 21.8 Å². The van der Waals surface area contributed by atoms with Crippen molar-refractivity contribution in [3.05, 3.63) is 76.4 Å². The molecule has 1 aliphatic rings. The monoisotopic (exact) mass is 382 g/mol. The summed E-state index contributed by atoms with van der Waals surface area (Å²) in [7, 11) is -3.58. The lowest BCUT2D eigenvalue weighted by Crippen LogP contribution is -2.25. The maximum atomic E-state index is 12.7. The Labute approximate surface area is 162 Å². The number of benzene rings is 2. The summed E-state index contributed by atoms with van der Waals surface area (Å²) in [6.45, 7) is 7.85. The smallest absolute Gasteiger partial charge is 0.264 e. The molecule has 1 aliphatic heterocycles. The summed E-state index contributed by atoms with van der Waals surface area (Å²) >= 11 is 0. The van der Waals surface area contributed by atoms with E-state index in [-0.39, 0.29) is 6.04 Å². The Kier molecular flexibility index (Phi) is 5.51. The SMILES string of the molecule is CC1=C(c2ccc(C)c(C)c2)S(=O)(=O)NC1=N[C@@H](C)CCc1ccccc1. The zero-order chi connectivity index (χ0) is 19.6. The van der Waals surface area contributed by atoms with Crippen molar-refractivity contribution >= 4 is 20.8 Å². The number of rotatable bonds is 5. The third-order valence-electron chi connectivity index (χ3n) is 5.01. The summed E-state index contributed by atoms with van der Waals surface area (Å²) in [6.07, 6.45) is 1.78. The van der Waals surface area contributed by atoms with Gasteiger partial charge < -0.3 is 0 Å². The van der Waals surface area contributed by atoms with Crippen LogP contribution < -0.4 is 4.72 Å². The lowest BCUT2D eigenvalue weighted by Gasteiger charge is -2.08. The molecule has 27 heavy (non-hydrogen) atoms. The van der Waals surface area contributed by atoms with Gasteiger partial charge in [-0.3, -0.25) is 9.71 Å². The summed E-state index contributed by atoms with van der Waals surface area (Å²) in [6, 6.07) is 16.0. The normalized spacial score (nSPS) is 18.6. The van der Waals surface area contributed by atoms with Gasteiger partial charge in [0.25, 0.3) is 10.0 Å². The number of sulfonamides is 1. The van der Waals surface area contributed by atoms with Crippen molar-refractivity contribution in [2.24, 2.45) is 4.99 Å². The minimum atomic E-state index is -3.58. The number of aliphatic imine (C=N–C) groups is 1. The molecule has 1 N–H and O–H groups in total. The second-order valence-electron chi connectivity index (χ2n) is 7.21. The summed E-state index contributed by atoms with van der Waals surface area (Å²) in [5.41, 5.74) is 4.88. The summed E-state index contributed by atoms with van der Waals surface area (Å²) in [4.78, 5) is 4.98. The highest BCUT2D eigenvalue weighted by atomic mass is 32.2. The topological polar surface area (TPSA) is 58.5 Å². The van der Waals surface area contributed by atoms with Gasteiger partial charge in [0.05, 0.1) is 0 Å². The lowest BCUT2D eigenvalue weighted by molar-refractivity contribution is 0.603. The lowest BCUT2D eigenvalue weighted by atomic mass is 10.0. The van der Waals surface area contributed by atoms with Gasteiger partial charge in [-0.15, -0.1) is 0 Å². The van der Waals surface area contributed by atoms with Crippen molar-refractivity contribution in [1.82, 2.24) is 4.72 Å². The first-order valence-corrected chi connectivity index (χ1v) is 10.7. The molecule has 1 atom stereocenters. The average Bonchev–Trinajstić information content (AvgIpc) is 2.85. The van der Waals surface area contributed by atoms with Crippen molar-refractivity contribution in [3.63, 3.8) is 0 Å². The Morgan fingerprint density at radius 3 is 2.37 bits per heavy atom. The molecule has 4 nitrogen and oxygen atoms in total. The van der Waals surface area contributed by atoms with Gasteiger partial charge >= 0.3 is 0 Å². The number of aryl methyl sites for hydroxylation is 3. The van der Waals surface area contributed by atoms with Gasteiger partial charge in [-0.1, -0.05) is 48.5 Å². The van der Waals surface area contributed by atoms with Crippen LogP contribution in [0.1, 0.15) is 42.5 Å². The zero-order valence-corrected chi connectivity index (χ0v) is 17.1. The van der Waals surface area contributed by atoms with Crippen molar-refractivity contribution in [2.45, 2.75) is 46.6 Å². The third kappa shape index (κ3) is 4.30. The molecule has 3 rings (SSSR count). The van der Waals surface area contributed by atoms with Crippen LogP contribution in [0.3, 0.4) is 0 Å². The van der Waals surface area contributed by atoms with Crippen LogP contribution in [0, 0.1) is 13.8 Å². The number of nitrogens with zero attached hydrogens (tertiary/aromatic N) is 1. The second kappa shape index (κ2) is 7.69. The van der Waals surface area contributed by atoms with Gasteiger partial charge in [-0.2, -0.15) is 0 Å². The molecule has 0 bridgehead atoms. The molecule has 0 radical (unpaired) electrons. The molecule has 5 heteroatoms. The molecule has 2 aromatic rings. The van der Waals surface area contributed by atoms with Crippen LogP contribution in [-0.2, 0) is 16.4 Å². The van der Waals surface area contributed by atoms with Crippen LogP contribution in [0.2, 0.25) is 0 Å². The molecule has 0 saturated carbocycles. The quantitative estimate of drug-likeness (QED) is 0.834. The molecular formula is C22H26N2O2S. The fraction of sp³-hybridized carbons (Fsp3) is 0.318. The Morgan fingerprint density at radius 1 is 1.00 bits per heavy atom. The van der Waals surface area contributed by atoms with E-state index in [9.17, 15) is 8.42 Å². The first-order chi connectivity index (χ1) is 12.8. The Hall–Kier alpha value is -2.40. The number of hydrogen-bond acceptors (Lipinski definition) is 3. The van der Waals surface area contributed by atoms with Crippen molar-refractivity contribution in [3.8, 4) is 0 Å². The molecule has 142 valence electrons. The predicted octanol–water partition coefficient (Wildman–Crippen LogP) is 4.39. The van der Waals surface area contributed by atoms with Gasteiger partial charge in [-0.05, 0) is 62.8 Å². The summed E-state index contributed by atoms with van der Waals surface area (Å²) in [5.74, 6) is 0.462. The first-order valence-electron chi connectivity index (χ1n) is 9.21. The van der Waals surface area contributed by atoms with E-state index in [0.717, 1.165) is 24.0 Å². The van der Waals surface area contributed by atoms with Crippen LogP contribution in [0.15, 0.2) is 59.1 Å². The Bertz CT molecular complexity index is 1010. The predicted molar refractivity (Wildman–Crippen MR) is 112 cm³/mol. The van der Waals surface area contributed by atoms with Crippen LogP contribution in [0.25, 0.3) is 4.91 Å². The van der Waals surface area contributed by atoms with Crippen LogP contribution in [0.4, 0.5) is 0 Å². The van der Waals surface area contributed by atoms with E-state index < -0.39 is 10.0 Å². The van der Waals surface area contributed by atoms with Crippen molar-refractivity contribution in [2.75, 3.05) is 0 Å². The second-order valence-corrected chi connectivity index (χ2v) is 8.83. The van der Waals surface area contributed by atoms with Crippen molar-refractivity contribution < 1.29 is 8.42 Å². The molecule has 0 aliphatic carbocycles. The fourth-order valence-corrected chi connectivity index (χ4v) is 4.75. The van der Waals surface area contributed by atoms with Crippen molar-refractivity contribution in [1.29, 1.82) is 0 Å². The highest BCUT2D eigenvalue weighted by Gasteiger charge is 2.33. The maximum Gasteiger partial charge on any atom is 0.264 e. The van der Waals surface area contributed by atoms with Gasteiger partial charge in [0.1, 0.15) is 10.7 Å². The van der Waals surface area contributed by atoms with Crippen LogP contribution in [0.5, 0.6) is 0 Å². The van der Waals surface area contributed by atoms with E-state index in [1.54, 1.807) is 0 Å². The Morgan fingerprint density at radius 2 is 1.70 bits per heavy atom. The Balaban J connectivity index is 1.85. The number of hydrogen-bond donors (Lipinski definition) is 1. The molecule has 0 fully saturated rings. The summed E-state index contributed by atoms with van der Waals surface area (Å²) in [5, 5.41) is 0. The molecule has 2 aromatic carbocycles. The molecule has 0 unspecified atom stereocenters. The average molecular weight is 383 g/mol. The highest BCUT2D eigenvalue weighted by molar-refractivity contribution is 8.00. The molecule has 0 saturated heterocycles. The third-order valence-corrected chi connectivity index (χ3v) is 6.55. The van der Waals surface area contributed by atoms with E-state index >= 15 is 0 Å². The van der Waals surface area contributed by atoms with Gasteiger partial charge in [-0.25, -0.2) is 8.42 Å². The number of amidine groups is 1. The highest BCUT2D eigenvalue weighted by Crippen LogP contribution is 2.31. The van der Waals surface area contributed by atoms with E-state index in [1.165, 1.54) is 5.56 Å². The van der Waals surface area contributed by atoms with E-state index in [1.807, 2.05) is 64.1 Å². The molecular weight excluding hydrogens is 356 g/mol. The zero-order valence-electron chi connectivity index (χ0n) is 16.3. The van der Waals surface area contributed by atoms with Gasteiger partial charge in [0.15, 0.2) is 0 Å². The largest absolute Gasteiger partial charge is 0.264 e. The number of nitrogens with one attached hydrogen (secondary N) is 1. The molecule has 0 aromatic heterocycles. The maximum absolute atomic E-state index is 12.7. The fourth-order valence-electron chi connectivity index (χ4n) is 3.25. The van der Waals surface area contributed by atoms with E-state index in [0.29, 0.717) is 21.9 Å². The van der Waals surface area contributed by atoms with E-state index in [4.69, 9.17) is 0 Å². The molecule has 1 heterocycles. The molecule has 0 amide bonds. The minimum Gasteiger partial charge on any atom is -0.264 e. The van der Waals surface area contributed by atoms with Crippen LogP contribution in [-0.4, -0.2) is 20.3 Å². The standard InChI is InChI=1S/C22H26N2O2S/c1-15-10-13-20(14-16(15)2)21-18(4)22(24-27(21,25)26)23-17(3)11-12-19-8-6-5-7-9-19/h5-10,13-14,17H,11-12H2,1-4H3,(H,23,24)/t17-/m0/s1. The van der Waals surface area contributed by atoms with Gasteiger partial charge in [0, 0.05) is 11.6 Å². The minimum absolute atomic E-state index is 0.0250.